The fourth-order valence-corrected chi connectivity index (χ4v) is 3.87. The summed E-state index contributed by atoms with van der Waals surface area (Å²) in [4.78, 5) is 14.2. The van der Waals surface area contributed by atoms with Gasteiger partial charge in [-0.25, -0.2) is 0 Å². The van der Waals surface area contributed by atoms with Crippen LogP contribution < -0.4 is 26.1 Å². The van der Waals surface area contributed by atoms with Crippen LogP contribution in [0.1, 0.15) is 23.7 Å². The van der Waals surface area contributed by atoms with Gasteiger partial charge in [0.25, 0.3) is 0 Å². The van der Waals surface area contributed by atoms with E-state index in [-0.39, 0.29) is 11.3 Å². The van der Waals surface area contributed by atoms with Crippen molar-refractivity contribution >= 4 is 10.9 Å². The number of ether oxygens (including phenoxy) is 2. The number of nitrogens with two attached hydrogens (primary N) is 1. The predicted molar refractivity (Wildman–Crippen MR) is 140 cm³/mol. The molecule has 36 heavy (non-hydrogen) atoms. The highest BCUT2D eigenvalue weighted by atomic mass is 16.5. The van der Waals surface area contributed by atoms with Crippen LogP contribution in [0.2, 0.25) is 0 Å². The number of phenolic OH excluding ortho intramolecular Hbond substituents is 1. The fraction of sp³-hybridized carbons (Fsp3) is 0.250. The number of rotatable bonds is 12. The van der Waals surface area contributed by atoms with Crippen LogP contribution in [-0.2, 0) is 6.42 Å². The Hall–Kier alpha value is -3.85. The third kappa shape index (κ3) is 6.63. The standard InChI is InChI=1S/C28H31N3O5/c29-15-1-17-35-20-6-8-22(9-7-20)36-21-4-2-19(3-5-21)14-16-30-18-26(33)23-10-12-25(32)28-24(23)11-13-27(34)31-28/h2-13,26,30,32-33H,1,14-18,29H2,(H,31,34)/t26-/m0/s1. The number of aliphatic hydroxyl groups excluding tert-OH is 1. The van der Waals surface area contributed by atoms with Crippen molar-refractivity contribution in [3.63, 3.8) is 0 Å². The molecule has 0 aliphatic carbocycles. The number of fused-ring (bicyclic) bond motifs is 1. The molecule has 0 spiro atoms. The highest BCUT2D eigenvalue weighted by molar-refractivity contribution is 5.87. The maximum absolute atomic E-state index is 11.6. The van der Waals surface area contributed by atoms with Crippen LogP contribution in [0.5, 0.6) is 23.0 Å². The second-order valence-corrected chi connectivity index (χ2v) is 8.46. The molecule has 4 aromatic rings. The van der Waals surface area contributed by atoms with Gasteiger partial charge in [0.05, 0.1) is 18.2 Å². The molecule has 0 saturated heterocycles. The van der Waals surface area contributed by atoms with Crippen molar-refractivity contribution < 1.29 is 19.7 Å². The van der Waals surface area contributed by atoms with Gasteiger partial charge in [0.2, 0.25) is 5.56 Å². The average Bonchev–Trinajstić information content (AvgIpc) is 2.89. The lowest BCUT2D eigenvalue weighted by molar-refractivity contribution is 0.176. The number of aliphatic hydroxyl groups is 1. The van der Waals surface area contributed by atoms with E-state index in [1.165, 1.54) is 12.1 Å². The van der Waals surface area contributed by atoms with Crippen LogP contribution in [0.15, 0.2) is 77.6 Å². The van der Waals surface area contributed by atoms with Gasteiger partial charge in [-0.1, -0.05) is 18.2 Å². The smallest absolute Gasteiger partial charge is 0.248 e. The molecule has 0 fully saturated rings. The number of benzene rings is 3. The molecular weight excluding hydrogens is 458 g/mol. The van der Waals surface area contributed by atoms with Crippen LogP contribution in [0.4, 0.5) is 0 Å². The zero-order valence-electron chi connectivity index (χ0n) is 19.9. The molecule has 188 valence electrons. The maximum atomic E-state index is 11.6. The first-order chi connectivity index (χ1) is 17.5. The third-order valence-corrected chi connectivity index (χ3v) is 5.79. The molecule has 0 unspecified atom stereocenters. The van der Waals surface area contributed by atoms with E-state index in [0.29, 0.717) is 42.7 Å². The Labute approximate surface area is 209 Å². The Balaban J connectivity index is 1.24. The second kappa shape index (κ2) is 12.2. The molecule has 6 N–H and O–H groups in total. The van der Waals surface area contributed by atoms with Crippen molar-refractivity contribution in [3.8, 4) is 23.0 Å². The summed E-state index contributed by atoms with van der Waals surface area (Å²) in [5.74, 6) is 2.24. The van der Waals surface area contributed by atoms with Gasteiger partial charge in [-0.3, -0.25) is 4.79 Å². The molecule has 8 heteroatoms. The van der Waals surface area contributed by atoms with Crippen molar-refractivity contribution in [1.29, 1.82) is 0 Å². The zero-order chi connectivity index (χ0) is 25.3. The predicted octanol–water partition coefficient (Wildman–Crippen LogP) is 3.62. The first kappa shape index (κ1) is 25.2. The highest BCUT2D eigenvalue weighted by Gasteiger charge is 2.13. The lowest BCUT2D eigenvalue weighted by atomic mass is 10.0. The molecule has 0 bridgehead atoms. The van der Waals surface area contributed by atoms with Crippen LogP contribution in [0, 0.1) is 0 Å². The Bertz CT molecular complexity index is 1320. The SMILES string of the molecule is NCCCOc1ccc(Oc2ccc(CCNC[C@H](O)c3ccc(O)c4[nH]c(=O)ccc34)cc2)cc1. The summed E-state index contributed by atoms with van der Waals surface area (Å²) in [7, 11) is 0. The van der Waals surface area contributed by atoms with E-state index >= 15 is 0 Å². The van der Waals surface area contributed by atoms with Crippen molar-refractivity contribution in [3.05, 3.63) is 94.3 Å². The Morgan fingerprint density at radius 2 is 1.61 bits per heavy atom. The number of hydrogen-bond acceptors (Lipinski definition) is 7. The maximum Gasteiger partial charge on any atom is 0.248 e. The van der Waals surface area contributed by atoms with Crippen LogP contribution in [0.25, 0.3) is 10.9 Å². The van der Waals surface area contributed by atoms with E-state index < -0.39 is 6.10 Å². The Morgan fingerprint density at radius 3 is 2.33 bits per heavy atom. The monoisotopic (exact) mass is 489 g/mol. The van der Waals surface area contributed by atoms with Crippen molar-refractivity contribution in [2.24, 2.45) is 5.73 Å². The van der Waals surface area contributed by atoms with Crippen LogP contribution in [-0.4, -0.2) is 41.4 Å². The number of H-pyrrole nitrogens is 1. The molecule has 8 nitrogen and oxygen atoms in total. The molecule has 0 aliphatic rings. The van der Waals surface area contributed by atoms with Crippen LogP contribution >= 0.6 is 0 Å². The minimum absolute atomic E-state index is 0.0246. The van der Waals surface area contributed by atoms with Crippen LogP contribution in [0.3, 0.4) is 0 Å². The van der Waals surface area contributed by atoms with E-state index in [9.17, 15) is 15.0 Å². The Kier molecular flexibility index (Phi) is 8.57. The van der Waals surface area contributed by atoms with Crippen molar-refractivity contribution in [2.45, 2.75) is 18.9 Å². The second-order valence-electron chi connectivity index (χ2n) is 8.46. The number of pyridine rings is 1. The largest absolute Gasteiger partial charge is 0.506 e. The van der Waals surface area contributed by atoms with Gasteiger partial charge in [-0.05, 0) is 85.6 Å². The summed E-state index contributed by atoms with van der Waals surface area (Å²) in [5.41, 5.74) is 7.28. The Morgan fingerprint density at radius 1 is 0.917 bits per heavy atom. The van der Waals surface area contributed by atoms with Gasteiger partial charge in [0.15, 0.2) is 0 Å². The summed E-state index contributed by atoms with van der Waals surface area (Å²) >= 11 is 0. The molecule has 1 heterocycles. The van der Waals surface area contributed by atoms with Gasteiger partial charge >= 0.3 is 0 Å². The molecule has 0 saturated carbocycles. The van der Waals surface area contributed by atoms with Gasteiger partial charge in [-0.15, -0.1) is 0 Å². The number of nitrogens with one attached hydrogen (secondary N) is 2. The summed E-state index contributed by atoms with van der Waals surface area (Å²) in [6.07, 6.45) is 0.817. The van der Waals surface area contributed by atoms with E-state index in [2.05, 4.69) is 10.3 Å². The number of phenols is 1. The number of aromatic amines is 1. The quantitative estimate of drug-likeness (QED) is 0.192. The van der Waals surface area contributed by atoms with Gasteiger partial charge < -0.3 is 35.7 Å². The number of aromatic hydroxyl groups is 1. The first-order valence-electron chi connectivity index (χ1n) is 12.0. The fourth-order valence-electron chi connectivity index (χ4n) is 3.87. The molecule has 4 rings (SSSR count). The molecule has 0 aliphatic heterocycles. The lowest BCUT2D eigenvalue weighted by Crippen LogP contribution is -2.24. The molecule has 0 radical (unpaired) electrons. The molecule has 3 aromatic carbocycles. The summed E-state index contributed by atoms with van der Waals surface area (Å²) in [5, 5.41) is 24.5. The summed E-state index contributed by atoms with van der Waals surface area (Å²) in [6, 6.07) is 21.5. The molecular formula is C28H31N3O5. The minimum atomic E-state index is -0.785. The van der Waals surface area contributed by atoms with Crippen molar-refractivity contribution in [2.75, 3.05) is 26.2 Å². The average molecular weight is 490 g/mol. The zero-order valence-corrected chi connectivity index (χ0v) is 19.9. The highest BCUT2D eigenvalue weighted by Crippen LogP contribution is 2.28. The number of hydrogen-bond donors (Lipinski definition) is 5. The van der Waals surface area contributed by atoms with Gasteiger partial charge in [-0.2, -0.15) is 0 Å². The number of aromatic nitrogens is 1. The van der Waals surface area contributed by atoms with Gasteiger partial charge in [0.1, 0.15) is 23.0 Å². The van der Waals surface area contributed by atoms with E-state index in [0.717, 1.165) is 35.7 Å². The van der Waals surface area contributed by atoms with E-state index in [4.69, 9.17) is 15.2 Å². The normalized spacial score (nSPS) is 11.9. The molecule has 1 aromatic heterocycles. The summed E-state index contributed by atoms with van der Waals surface area (Å²) in [6.45, 7) is 2.22. The van der Waals surface area contributed by atoms with E-state index in [1.54, 1.807) is 12.1 Å². The van der Waals surface area contributed by atoms with E-state index in [1.807, 2.05) is 48.5 Å². The lowest BCUT2D eigenvalue weighted by Gasteiger charge is -2.15. The third-order valence-electron chi connectivity index (χ3n) is 5.79. The summed E-state index contributed by atoms with van der Waals surface area (Å²) < 4.78 is 11.5. The van der Waals surface area contributed by atoms with Gasteiger partial charge in [0, 0.05) is 18.0 Å². The van der Waals surface area contributed by atoms with Crippen molar-refractivity contribution in [1.82, 2.24) is 10.3 Å². The molecule has 0 amide bonds. The minimum Gasteiger partial charge on any atom is -0.506 e. The molecule has 1 atom stereocenters. The first-order valence-corrected chi connectivity index (χ1v) is 12.0. The topological polar surface area (TPSA) is 130 Å².